The van der Waals surface area contributed by atoms with Gasteiger partial charge in [-0.3, -0.25) is 9.98 Å². The number of hydrogen-bond acceptors (Lipinski definition) is 3. The van der Waals surface area contributed by atoms with Crippen LogP contribution in [0.5, 0.6) is 0 Å². The molecule has 2 atom stereocenters. The molecule has 2 heterocycles. The lowest BCUT2D eigenvalue weighted by molar-refractivity contribution is 0.386. The van der Waals surface area contributed by atoms with Crippen molar-refractivity contribution in [2.24, 2.45) is 9.98 Å². The Balaban J connectivity index is 1.87. The molecule has 2 aliphatic rings. The van der Waals surface area contributed by atoms with Crippen LogP contribution in [0.3, 0.4) is 0 Å². The first kappa shape index (κ1) is 8.89. The van der Waals surface area contributed by atoms with E-state index in [1.807, 2.05) is 18.3 Å². The van der Waals surface area contributed by atoms with Crippen molar-refractivity contribution in [2.45, 2.75) is 37.8 Å². The van der Waals surface area contributed by atoms with Crippen LogP contribution < -0.4 is 0 Å². The third-order valence-corrected chi connectivity index (χ3v) is 3.16. The number of fused-ring (bicyclic) bond motifs is 1. The SMILES string of the molecule is C1=N[C@H]2CCCC[C@@H]2N=C1c1ccco1. The Bertz CT molecular complexity index is 392. The van der Waals surface area contributed by atoms with E-state index in [2.05, 4.69) is 4.99 Å². The van der Waals surface area contributed by atoms with Crippen molar-refractivity contribution in [3.63, 3.8) is 0 Å². The molecule has 0 spiro atoms. The first-order valence-electron chi connectivity index (χ1n) is 5.58. The summed E-state index contributed by atoms with van der Waals surface area (Å²) in [6.07, 6.45) is 8.49. The minimum absolute atomic E-state index is 0.392. The van der Waals surface area contributed by atoms with Gasteiger partial charge in [-0.25, -0.2) is 0 Å². The Hall–Kier alpha value is -1.38. The number of nitrogens with zero attached hydrogens (tertiary/aromatic N) is 2. The first-order chi connectivity index (χ1) is 7.43. The van der Waals surface area contributed by atoms with E-state index in [1.165, 1.54) is 25.7 Å². The quantitative estimate of drug-likeness (QED) is 0.689. The van der Waals surface area contributed by atoms with Gasteiger partial charge in [-0.15, -0.1) is 0 Å². The monoisotopic (exact) mass is 202 g/mol. The first-order valence-corrected chi connectivity index (χ1v) is 5.58. The van der Waals surface area contributed by atoms with E-state index < -0.39 is 0 Å². The van der Waals surface area contributed by atoms with Crippen LogP contribution in [0.15, 0.2) is 32.8 Å². The summed E-state index contributed by atoms with van der Waals surface area (Å²) in [4.78, 5) is 9.29. The summed E-state index contributed by atoms with van der Waals surface area (Å²) >= 11 is 0. The largest absolute Gasteiger partial charge is 0.463 e. The molecule has 1 aromatic heterocycles. The maximum Gasteiger partial charge on any atom is 0.153 e. The lowest BCUT2D eigenvalue weighted by Gasteiger charge is -2.28. The van der Waals surface area contributed by atoms with E-state index in [1.54, 1.807) is 6.26 Å². The molecule has 0 amide bonds. The summed E-state index contributed by atoms with van der Waals surface area (Å²) in [6, 6.07) is 4.65. The van der Waals surface area contributed by atoms with Gasteiger partial charge in [0.15, 0.2) is 5.76 Å². The zero-order valence-electron chi connectivity index (χ0n) is 8.60. The predicted octanol–water partition coefficient (Wildman–Crippen LogP) is 2.46. The van der Waals surface area contributed by atoms with Gasteiger partial charge in [0.25, 0.3) is 0 Å². The fraction of sp³-hybridized carbons (Fsp3) is 0.500. The van der Waals surface area contributed by atoms with Crippen LogP contribution in [-0.2, 0) is 0 Å². The number of rotatable bonds is 1. The highest BCUT2D eigenvalue weighted by Crippen LogP contribution is 2.26. The minimum atomic E-state index is 0.392. The van der Waals surface area contributed by atoms with Crippen molar-refractivity contribution < 1.29 is 4.42 Å². The van der Waals surface area contributed by atoms with Crippen molar-refractivity contribution in [2.75, 3.05) is 0 Å². The lowest BCUT2D eigenvalue weighted by Crippen LogP contribution is -2.31. The fourth-order valence-corrected chi connectivity index (χ4v) is 2.35. The van der Waals surface area contributed by atoms with Gasteiger partial charge in [-0.05, 0) is 25.0 Å². The van der Waals surface area contributed by atoms with Crippen molar-refractivity contribution in [3.05, 3.63) is 24.2 Å². The molecule has 1 fully saturated rings. The average molecular weight is 202 g/mol. The molecule has 3 nitrogen and oxygen atoms in total. The molecule has 3 heteroatoms. The zero-order valence-corrected chi connectivity index (χ0v) is 8.60. The average Bonchev–Trinajstić information content (AvgIpc) is 2.82. The third-order valence-electron chi connectivity index (χ3n) is 3.16. The molecule has 15 heavy (non-hydrogen) atoms. The maximum atomic E-state index is 5.33. The molecule has 78 valence electrons. The topological polar surface area (TPSA) is 37.9 Å². The molecule has 0 aromatic carbocycles. The molecule has 3 rings (SSSR count). The maximum absolute atomic E-state index is 5.33. The van der Waals surface area contributed by atoms with E-state index in [4.69, 9.17) is 9.41 Å². The van der Waals surface area contributed by atoms with Gasteiger partial charge in [-0.1, -0.05) is 12.8 Å². The molecule has 0 saturated heterocycles. The molecular weight excluding hydrogens is 188 g/mol. The molecule has 0 unspecified atom stereocenters. The summed E-state index contributed by atoms with van der Waals surface area (Å²) < 4.78 is 5.33. The summed E-state index contributed by atoms with van der Waals surface area (Å²) in [5, 5.41) is 0. The second kappa shape index (κ2) is 3.65. The Kier molecular flexibility index (Phi) is 2.16. The van der Waals surface area contributed by atoms with E-state index >= 15 is 0 Å². The standard InChI is InChI=1S/C12H14N2O/c1-2-5-10-9(4-1)13-8-11(14-10)12-6-3-7-15-12/h3,6-10H,1-2,4-5H2/t9-,10-/m0/s1. The molecule has 0 bridgehead atoms. The van der Waals surface area contributed by atoms with Crippen LogP contribution in [0.4, 0.5) is 0 Å². The smallest absolute Gasteiger partial charge is 0.153 e. The van der Waals surface area contributed by atoms with Crippen LogP contribution in [0.1, 0.15) is 31.4 Å². The van der Waals surface area contributed by atoms with Gasteiger partial charge in [0.05, 0.1) is 24.6 Å². The highest BCUT2D eigenvalue weighted by atomic mass is 16.3. The third kappa shape index (κ3) is 1.62. The summed E-state index contributed by atoms with van der Waals surface area (Å²) in [6.45, 7) is 0. The van der Waals surface area contributed by atoms with Crippen LogP contribution in [0.2, 0.25) is 0 Å². The molecule has 1 aromatic rings. The molecule has 0 N–H and O–H groups in total. The lowest BCUT2D eigenvalue weighted by atomic mass is 9.90. The van der Waals surface area contributed by atoms with Gasteiger partial charge < -0.3 is 4.42 Å². The highest BCUT2D eigenvalue weighted by molar-refractivity contribution is 6.37. The van der Waals surface area contributed by atoms with E-state index in [9.17, 15) is 0 Å². The molecular formula is C12H14N2O. The Labute approximate surface area is 88.9 Å². The normalized spacial score (nSPS) is 29.7. The number of furan rings is 1. The van der Waals surface area contributed by atoms with Crippen molar-refractivity contribution in [1.29, 1.82) is 0 Å². The molecule has 1 aliphatic carbocycles. The van der Waals surface area contributed by atoms with Crippen LogP contribution in [-0.4, -0.2) is 24.0 Å². The van der Waals surface area contributed by atoms with Crippen LogP contribution in [0, 0.1) is 0 Å². The minimum Gasteiger partial charge on any atom is -0.463 e. The summed E-state index contributed by atoms with van der Waals surface area (Å²) in [5.41, 5.74) is 0.906. The van der Waals surface area contributed by atoms with E-state index in [0.717, 1.165) is 11.5 Å². The highest BCUT2D eigenvalue weighted by Gasteiger charge is 2.27. The molecule has 1 saturated carbocycles. The number of aliphatic imine (C=N–C) groups is 2. The van der Waals surface area contributed by atoms with Crippen molar-refractivity contribution >= 4 is 11.9 Å². The number of hydrogen-bond donors (Lipinski definition) is 0. The van der Waals surface area contributed by atoms with Gasteiger partial charge >= 0.3 is 0 Å². The zero-order chi connectivity index (χ0) is 10.1. The second-order valence-corrected chi connectivity index (χ2v) is 4.19. The van der Waals surface area contributed by atoms with Gasteiger partial charge in [0.1, 0.15) is 5.71 Å². The molecule has 1 aliphatic heterocycles. The van der Waals surface area contributed by atoms with E-state index in [-0.39, 0.29) is 0 Å². The van der Waals surface area contributed by atoms with Gasteiger partial charge in [-0.2, -0.15) is 0 Å². The predicted molar refractivity (Wildman–Crippen MR) is 59.8 cm³/mol. The van der Waals surface area contributed by atoms with Gasteiger partial charge in [0, 0.05) is 0 Å². The second-order valence-electron chi connectivity index (χ2n) is 4.19. The fourth-order valence-electron chi connectivity index (χ4n) is 2.35. The summed E-state index contributed by atoms with van der Waals surface area (Å²) in [7, 11) is 0. The van der Waals surface area contributed by atoms with Crippen molar-refractivity contribution in [3.8, 4) is 0 Å². The van der Waals surface area contributed by atoms with E-state index in [0.29, 0.717) is 12.1 Å². The van der Waals surface area contributed by atoms with Crippen molar-refractivity contribution in [1.82, 2.24) is 0 Å². The van der Waals surface area contributed by atoms with Crippen LogP contribution in [0.25, 0.3) is 0 Å². The Morgan fingerprint density at radius 1 is 1.20 bits per heavy atom. The molecule has 0 radical (unpaired) electrons. The summed E-state index contributed by atoms with van der Waals surface area (Å²) in [5.74, 6) is 0.836. The Morgan fingerprint density at radius 2 is 2.07 bits per heavy atom. The van der Waals surface area contributed by atoms with Crippen LogP contribution >= 0.6 is 0 Å². The van der Waals surface area contributed by atoms with Gasteiger partial charge in [0.2, 0.25) is 0 Å². The Morgan fingerprint density at radius 3 is 2.87 bits per heavy atom.